The summed E-state index contributed by atoms with van der Waals surface area (Å²) in [5, 5.41) is 18.7. The van der Waals surface area contributed by atoms with E-state index >= 15 is 0 Å². The van der Waals surface area contributed by atoms with Gasteiger partial charge in [0.1, 0.15) is 0 Å². The van der Waals surface area contributed by atoms with Gasteiger partial charge in [0.25, 0.3) is 0 Å². The number of aliphatic hydroxyl groups is 1. The molecule has 1 aromatic heterocycles. The number of benzene rings is 1. The number of nitriles is 1. The Morgan fingerprint density at radius 1 is 1.21 bits per heavy atom. The summed E-state index contributed by atoms with van der Waals surface area (Å²) in [4.78, 5) is 1.05. The molecule has 0 spiro atoms. The molecular weight excluding hydrogens is 278 g/mol. The summed E-state index contributed by atoms with van der Waals surface area (Å²) in [6.07, 6.45) is 0.559. The first-order chi connectivity index (χ1) is 9.26. The molecule has 0 fully saturated rings. The summed E-state index contributed by atoms with van der Waals surface area (Å²) >= 11 is 7.45. The number of aliphatic hydroxyl groups excluding tert-OH is 1. The second-order valence-electron chi connectivity index (χ2n) is 4.28. The molecule has 0 saturated carbocycles. The van der Waals surface area contributed by atoms with Gasteiger partial charge in [0.2, 0.25) is 0 Å². The standard InChI is InChI=1S/C15H14ClNOS/c16-15-7-6-14(19-15)12(8-9-18)13(10-17)11-4-2-1-3-5-11/h1-7,12-13,18H,8-9H2/t12-,13+/m0/s1. The maximum absolute atomic E-state index is 9.48. The molecule has 0 amide bonds. The average Bonchev–Trinajstić information content (AvgIpc) is 2.86. The van der Waals surface area contributed by atoms with Gasteiger partial charge in [-0.05, 0) is 24.1 Å². The highest BCUT2D eigenvalue weighted by Crippen LogP contribution is 2.39. The summed E-state index contributed by atoms with van der Waals surface area (Å²) in [5.41, 5.74) is 0.980. The SMILES string of the molecule is N#C[C@H](c1ccccc1)[C@H](CCO)c1ccc(Cl)s1. The minimum absolute atomic E-state index is 0.0186. The van der Waals surface area contributed by atoms with Crippen molar-refractivity contribution in [1.82, 2.24) is 0 Å². The Morgan fingerprint density at radius 3 is 2.47 bits per heavy atom. The Hall–Kier alpha value is -1.34. The van der Waals surface area contributed by atoms with Crippen molar-refractivity contribution in [3.63, 3.8) is 0 Å². The van der Waals surface area contributed by atoms with Gasteiger partial charge in [-0.2, -0.15) is 5.26 Å². The molecule has 0 aliphatic carbocycles. The van der Waals surface area contributed by atoms with Crippen LogP contribution in [0.5, 0.6) is 0 Å². The molecule has 2 nitrogen and oxygen atoms in total. The summed E-state index contributed by atoms with van der Waals surface area (Å²) in [6, 6.07) is 15.8. The van der Waals surface area contributed by atoms with Crippen LogP contribution in [0.1, 0.15) is 28.7 Å². The molecule has 19 heavy (non-hydrogen) atoms. The molecule has 0 bridgehead atoms. The van der Waals surface area contributed by atoms with Gasteiger partial charge in [-0.1, -0.05) is 41.9 Å². The third kappa shape index (κ3) is 3.36. The van der Waals surface area contributed by atoms with E-state index in [4.69, 9.17) is 11.6 Å². The second-order valence-corrected chi connectivity index (χ2v) is 6.02. The largest absolute Gasteiger partial charge is 0.396 e. The third-order valence-electron chi connectivity index (χ3n) is 3.10. The van der Waals surface area contributed by atoms with Gasteiger partial charge in [-0.25, -0.2) is 0 Å². The lowest BCUT2D eigenvalue weighted by molar-refractivity contribution is 0.273. The Kier molecular flexibility index (Phi) is 4.98. The highest BCUT2D eigenvalue weighted by atomic mass is 35.5. The van der Waals surface area contributed by atoms with Crippen LogP contribution in [0.15, 0.2) is 42.5 Å². The van der Waals surface area contributed by atoms with Crippen LogP contribution < -0.4 is 0 Å². The zero-order valence-electron chi connectivity index (χ0n) is 10.3. The van der Waals surface area contributed by atoms with Crippen molar-refractivity contribution in [3.05, 3.63) is 57.2 Å². The molecule has 0 aliphatic heterocycles. The van der Waals surface area contributed by atoms with Crippen LogP contribution in [0, 0.1) is 11.3 Å². The minimum atomic E-state index is -0.261. The number of hydrogen-bond donors (Lipinski definition) is 1. The summed E-state index contributed by atoms with van der Waals surface area (Å²) in [7, 11) is 0. The van der Waals surface area contributed by atoms with Crippen LogP contribution in [-0.4, -0.2) is 11.7 Å². The van der Waals surface area contributed by atoms with Gasteiger partial charge in [0, 0.05) is 17.4 Å². The molecule has 0 radical (unpaired) electrons. The number of hydrogen-bond acceptors (Lipinski definition) is 3. The molecular formula is C15H14ClNOS. The van der Waals surface area contributed by atoms with E-state index in [-0.39, 0.29) is 18.4 Å². The van der Waals surface area contributed by atoms with E-state index in [0.29, 0.717) is 10.8 Å². The normalized spacial score (nSPS) is 13.7. The smallest absolute Gasteiger partial charge is 0.0931 e. The van der Waals surface area contributed by atoms with Crippen molar-refractivity contribution >= 4 is 22.9 Å². The maximum Gasteiger partial charge on any atom is 0.0931 e. The van der Waals surface area contributed by atoms with Crippen LogP contribution in [0.4, 0.5) is 0 Å². The fraction of sp³-hybridized carbons (Fsp3) is 0.267. The van der Waals surface area contributed by atoms with Gasteiger partial charge in [0.05, 0.1) is 16.3 Å². The van der Waals surface area contributed by atoms with Crippen LogP contribution in [-0.2, 0) is 0 Å². The Labute approximate surface area is 121 Å². The van der Waals surface area contributed by atoms with Crippen molar-refractivity contribution in [3.8, 4) is 6.07 Å². The minimum Gasteiger partial charge on any atom is -0.396 e. The van der Waals surface area contributed by atoms with Gasteiger partial charge in [-0.15, -0.1) is 11.3 Å². The molecule has 1 aromatic carbocycles. The first-order valence-electron chi connectivity index (χ1n) is 6.07. The zero-order valence-corrected chi connectivity index (χ0v) is 11.9. The molecule has 1 heterocycles. The zero-order chi connectivity index (χ0) is 13.7. The van der Waals surface area contributed by atoms with Crippen molar-refractivity contribution in [2.24, 2.45) is 0 Å². The van der Waals surface area contributed by atoms with Crippen molar-refractivity contribution in [1.29, 1.82) is 5.26 Å². The molecule has 4 heteroatoms. The Morgan fingerprint density at radius 2 is 1.95 bits per heavy atom. The molecule has 0 unspecified atom stereocenters. The van der Waals surface area contributed by atoms with E-state index in [0.717, 1.165) is 10.4 Å². The van der Waals surface area contributed by atoms with E-state index in [1.165, 1.54) is 11.3 Å². The molecule has 98 valence electrons. The first-order valence-corrected chi connectivity index (χ1v) is 7.26. The van der Waals surface area contributed by atoms with Crippen LogP contribution >= 0.6 is 22.9 Å². The monoisotopic (exact) mass is 291 g/mol. The van der Waals surface area contributed by atoms with Gasteiger partial charge in [0.15, 0.2) is 0 Å². The molecule has 0 saturated heterocycles. The van der Waals surface area contributed by atoms with E-state index < -0.39 is 0 Å². The fourth-order valence-corrected chi connectivity index (χ4v) is 3.43. The summed E-state index contributed by atoms with van der Waals surface area (Å²) < 4.78 is 0.711. The maximum atomic E-state index is 9.48. The lowest BCUT2D eigenvalue weighted by atomic mass is 9.84. The van der Waals surface area contributed by atoms with E-state index in [1.807, 2.05) is 42.5 Å². The van der Waals surface area contributed by atoms with Crippen LogP contribution in [0.2, 0.25) is 4.34 Å². The van der Waals surface area contributed by atoms with Crippen molar-refractivity contribution < 1.29 is 5.11 Å². The molecule has 2 aromatic rings. The average molecular weight is 292 g/mol. The van der Waals surface area contributed by atoms with Crippen LogP contribution in [0.25, 0.3) is 0 Å². The quantitative estimate of drug-likeness (QED) is 0.898. The Balaban J connectivity index is 2.34. The highest BCUT2D eigenvalue weighted by Gasteiger charge is 2.25. The molecule has 2 atom stereocenters. The van der Waals surface area contributed by atoms with E-state index in [1.54, 1.807) is 0 Å². The molecule has 1 N–H and O–H groups in total. The number of nitrogens with zero attached hydrogens (tertiary/aromatic N) is 1. The van der Waals surface area contributed by atoms with Gasteiger partial charge < -0.3 is 5.11 Å². The summed E-state index contributed by atoms with van der Waals surface area (Å²) in [6.45, 7) is 0.0607. The fourth-order valence-electron chi connectivity index (χ4n) is 2.20. The van der Waals surface area contributed by atoms with Gasteiger partial charge in [-0.3, -0.25) is 0 Å². The predicted molar refractivity (Wildman–Crippen MR) is 78.6 cm³/mol. The predicted octanol–water partition coefficient (Wildman–Crippen LogP) is 4.17. The van der Waals surface area contributed by atoms with E-state index in [9.17, 15) is 10.4 Å². The lowest BCUT2D eigenvalue weighted by Crippen LogP contribution is -2.10. The first kappa shape index (κ1) is 14.1. The number of thiophene rings is 1. The molecule has 0 aliphatic rings. The highest BCUT2D eigenvalue weighted by molar-refractivity contribution is 7.16. The number of rotatable bonds is 5. The topological polar surface area (TPSA) is 44.0 Å². The summed E-state index contributed by atoms with van der Waals surface area (Å²) in [5.74, 6) is -0.280. The van der Waals surface area contributed by atoms with Crippen LogP contribution in [0.3, 0.4) is 0 Å². The van der Waals surface area contributed by atoms with Crippen molar-refractivity contribution in [2.45, 2.75) is 18.3 Å². The third-order valence-corrected chi connectivity index (χ3v) is 4.46. The number of halogens is 1. The van der Waals surface area contributed by atoms with Crippen molar-refractivity contribution in [2.75, 3.05) is 6.61 Å². The lowest BCUT2D eigenvalue weighted by Gasteiger charge is -2.20. The molecule has 2 rings (SSSR count). The second kappa shape index (κ2) is 6.72. The Bertz CT molecular complexity index is 561. The van der Waals surface area contributed by atoms with Gasteiger partial charge >= 0.3 is 0 Å². The van der Waals surface area contributed by atoms with E-state index in [2.05, 4.69) is 6.07 Å².